The van der Waals surface area contributed by atoms with Gasteiger partial charge in [0.1, 0.15) is 5.75 Å². The zero-order chi connectivity index (χ0) is 21.1. The highest BCUT2D eigenvalue weighted by Gasteiger charge is 2.25. The van der Waals surface area contributed by atoms with Crippen LogP contribution >= 0.6 is 0 Å². The molecule has 1 saturated heterocycles. The van der Waals surface area contributed by atoms with Gasteiger partial charge >= 0.3 is 0 Å². The van der Waals surface area contributed by atoms with Gasteiger partial charge in [-0.1, -0.05) is 12.1 Å². The second-order valence-corrected chi connectivity index (χ2v) is 8.07. The van der Waals surface area contributed by atoms with E-state index in [4.69, 9.17) is 9.47 Å². The molecule has 1 aliphatic heterocycles. The third kappa shape index (κ3) is 9.47. The summed E-state index contributed by atoms with van der Waals surface area (Å²) in [6.07, 6.45) is 1.07. The number of hydrogen-bond donors (Lipinski definition) is 3. The topological polar surface area (TPSA) is 78.4 Å². The van der Waals surface area contributed by atoms with Crippen LogP contribution in [-0.4, -0.2) is 80.2 Å². The van der Waals surface area contributed by atoms with Crippen molar-refractivity contribution in [3.8, 4) is 5.75 Å². The lowest BCUT2D eigenvalue weighted by Gasteiger charge is -2.33. The van der Waals surface area contributed by atoms with Crippen molar-refractivity contribution in [2.24, 2.45) is 4.99 Å². The molecule has 1 aromatic rings. The average Bonchev–Trinajstić information content (AvgIpc) is 2.67. The summed E-state index contributed by atoms with van der Waals surface area (Å²) in [5.41, 5.74) is 0.370. The average molecular weight is 407 g/mol. The van der Waals surface area contributed by atoms with Gasteiger partial charge in [0.2, 0.25) is 0 Å². The molecule has 0 aliphatic carbocycles. The van der Waals surface area contributed by atoms with E-state index in [-0.39, 0.29) is 6.10 Å². The number of rotatable bonds is 10. The van der Waals surface area contributed by atoms with Crippen LogP contribution in [0.1, 0.15) is 33.3 Å². The molecule has 0 aromatic heterocycles. The molecular weight excluding hydrogens is 368 g/mol. The minimum Gasteiger partial charge on any atom is -0.491 e. The van der Waals surface area contributed by atoms with Gasteiger partial charge in [-0.05, 0) is 51.8 Å². The lowest BCUT2D eigenvalue weighted by Crippen LogP contribution is -2.48. The first-order valence-electron chi connectivity index (χ1n) is 10.7. The highest BCUT2D eigenvalue weighted by molar-refractivity contribution is 5.79. The summed E-state index contributed by atoms with van der Waals surface area (Å²) in [7, 11) is 0. The molecule has 3 N–H and O–H groups in total. The van der Waals surface area contributed by atoms with Crippen LogP contribution in [0.25, 0.3) is 0 Å². The van der Waals surface area contributed by atoms with Gasteiger partial charge in [0.15, 0.2) is 5.96 Å². The summed E-state index contributed by atoms with van der Waals surface area (Å²) in [5.74, 6) is 1.63. The maximum absolute atomic E-state index is 10.7. The van der Waals surface area contributed by atoms with E-state index in [9.17, 15) is 5.11 Å². The van der Waals surface area contributed by atoms with Crippen molar-refractivity contribution in [2.45, 2.75) is 45.8 Å². The normalized spacial score (nSPS) is 17.8. The maximum Gasteiger partial charge on any atom is 0.191 e. The van der Waals surface area contributed by atoms with Crippen molar-refractivity contribution >= 4 is 5.96 Å². The van der Waals surface area contributed by atoms with Gasteiger partial charge in [-0.15, -0.1) is 0 Å². The highest BCUT2D eigenvalue weighted by atomic mass is 16.5. The molecular formula is C22H38N4O3. The highest BCUT2D eigenvalue weighted by Crippen LogP contribution is 2.14. The standard InChI is InChI=1S/C22H38N4O3/c1-5-23-21(25-16-22(4,27)17-26-12-14-28-15-13-26)24-11-10-19-6-8-20(9-7-19)29-18(2)3/h6-9,18,27H,5,10-17H2,1-4H3,(H2,23,24,25). The van der Waals surface area contributed by atoms with Crippen LogP contribution in [0.4, 0.5) is 0 Å². The minimum absolute atomic E-state index is 0.182. The second kappa shape index (κ2) is 12.0. The van der Waals surface area contributed by atoms with E-state index in [1.807, 2.05) is 39.8 Å². The molecule has 2 rings (SSSR count). The molecule has 1 heterocycles. The Morgan fingerprint density at radius 1 is 1.24 bits per heavy atom. The first kappa shape index (κ1) is 23.4. The number of nitrogens with zero attached hydrogens (tertiary/aromatic N) is 2. The van der Waals surface area contributed by atoms with Crippen molar-refractivity contribution < 1.29 is 14.6 Å². The molecule has 1 atom stereocenters. The zero-order valence-electron chi connectivity index (χ0n) is 18.4. The summed E-state index contributed by atoms with van der Waals surface area (Å²) in [6, 6.07) is 8.21. The fourth-order valence-electron chi connectivity index (χ4n) is 3.21. The van der Waals surface area contributed by atoms with Crippen molar-refractivity contribution in [1.82, 2.24) is 15.5 Å². The Labute approximate surface area is 175 Å². The Balaban J connectivity index is 1.80. The van der Waals surface area contributed by atoms with Gasteiger partial charge in [-0.2, -0.15) is 0 Å². The first-order valence-corrected chi connectivity index (χ1v) is 10.7. The van der Waals surface area contributed by atoms with Crippen molar-refractivity contribution in [2.75, 3.05) is 52.5 Å². The molecule has 0 amide bonds. The van der Waals surface area contributed by atoms with E-state index in [0.29, 0.717) is 13.1 Å². The van der Waals surface area contributed by atoms with Crippen molar-refractivity contribution in [1.29, 1.82) is 0 Å². The van der Waals surface area contributed by atoms with Crippen LogP contribution in [0.5, 0.6) is 5.75 Å². The first-order chi connectivity index (χ1) is 13.9. The van der Waals surface area contributed by atoms with E-state index in [1.165, 1.54) is 5.56 Å². The molecule has 0 saturated carbocycles. The maximum atomic E-state index is 10.7. The molecule has 0 spiro atoms. The zero-order valence-corrected chi connectivity index (χ0v) is 18.4. The summed E-state index contributed by atoms with van der Waals surface area (Å²) in [5, 5.41) is 17.3. The summed E-state index contributed by atoms with van der Waals surface area (Å²) >= 11 is 0. The number of β-amino-alcohol motifs (C(OH)–C–C–N with tert-alkyl or cyclic N) is 1. The molecule has 164 valence electrons. The number of aliphatic hydroxyl groups is 1. The van der Waals surface area contributed by atoms with E-state index in [0.717, 1.165) is 57.5 Å². The molecule has 0 radical (unpaired) electrons. The largest absolute Gasteiger partial charge is 0.491 e. The lowest BCUT2D eigenvalue weighted by molar-refractivity contribution is -0.0179. The van der Waals surface area contributed by atoms with E-state index < -0.39 is 5.60 Å². The van der Waals surface area contributed by atoms with Crippen molar-refractivity contribution in [3.63, 3.8) is 0 Å². The fraction of sp³-hybridized carbons (Fsp3) is 0.682. The van der Waals surface area contributed by atoms with Gasteiger partial charge in [0.25, 0.3) is 0 Å². The predicted octanol–water partition coefficient (Wildman–Crippen LogP) is 1.65. The minimum atomic E-state index is -0.869. The lowest BCUT2D eigenvalue weighted by atomic mass is 10.1. The van der Waals surface area contributed by atoms with E-state index in [1.54, 1.807) is 0 Å². The van der Waals surface area contributed by atoms with Crippen LogP contribution < -0.4 is 15.4 Å². The van der Waals surface area contributed by atoms with Crippen LogP contribution in [0.15, 0.2) is 29.3 Å². The summed E-state index contributed by atoms with van der Waals surface area (Å²) in [6.45, 7) is 13.6. The molecule has 7 heteroatoms. The monoisotopic (exact) mass is 406 g/mol. The smallest absolute Gasteiger partial charge is 0.191 e. The van der Waals surface area contributed by atoms with Gasteiger partial charge in [-0.25, -0.2) is 0 Å². The number of nitrogens with one attached hydrogen (secondary N) is 2. The Kier molecular flexibility index (Phi) is 9.70. The Morgan fingerprint density at radius 2 is 1.93 bits per heavy atom. The third-order valence-corrected chi connectivity index (χ3v) is 4.59. The Hall–Kier alpha value is -1.83. The van der Waals surface area contributed by atoms with Crippen LogP contribution in [0, 0.1) is 0 Å². The number of morpholine rings is 1. The summed E-state index contributed by atoms with van der Waals surface area (Å²) in [4.78, 5) is 6.82. The fourth-order valence-corrected chi connectivity index (χ4v) is 3.21. The number of guanidine groups is 1. The van der Waals surface area contributed by atoms with Crippen LogP contribution in [0.2, 0.25) is 0 Å². The van der Waals surface area contributed by atoms with Crippen molar-refractivity contribution in [3.05, 3.63) is 29.8 Å². The molecule has 7 nitrogen and oxygen atoms in total. The molecule has 1 fully saturated rings. The molecule has 0 bridgehead atoms. The van der Waals surface area contributed by atoms with Gasteiger partial charge in [0, 0.05) is 32.7 Å². The third-order valence-electron chi connectivity index (χ3n) is 4.59. The van der Waals surface area contributed by atoms with Gasteiger partial charge in [0.05, 0.1) is 31.5 Å². The molecule has 1 aliphatic rings. The number of aliphatic imine (C=N–C) groups is 1. The number of hydrogen-bond acceptors (Lipinski definition) is 5. The quantitative estimate of drug-likeness (QED) is 0.405. The SMILES string of the molecule is CCNC(=NCC(C)(O)CN1CCOCC1)NCCc1ccc(OC(C)C)cc1. The molecule has 29 heavy (non-hydrogen) atoms. The Morgan fingerprint density at radius 3 is 2.55 bits per heavy atom. The van der Waals surface area contributed by atoms with Gasteiger partial charge < -0.3 is 25.2 Å². The van der Waals surface area contributed by atoms with Gasteiger partial charge in [-0.3, -0.25) is 9.89 Å². The van der Waals surface area contributed by atoms with E-state index in [2.05, 4.69) is 32.7 Å². The number of ether oxygens (including phenoxy) is 2. The Bertz CT molecular complexity index is 611. The number of benzene rings is 1. The van der Waals surface area contributed by atoms with Crippen LogP contribution in [0.3, 0.4) is 0 Å². The predicted molar refractivity (Wildman–Crippen MR) is 118 cm³/mol. The molecule has 1 unspecified atom stereocenters. The second-order valence-electron chi connectivity index (χ2n) is 8.07. The molecule has 1 aromatic carbocycles. The summed E-state index contributed by atoms with van der Waals surface area (Å²) < 4.78 is 11.1. The van der Waals surface area contributed by atoms with Crippen LogP contribution in [-0.2, 0) is 11.2 Å². The van der Waals surface area contributed by atoms with E-state index >= 15 is 0 Å².